The Kier molecular flexibility index (Phi) is 4.53. The first-order valence-corrected chi connectivity index (χ1v) is 7.80. The molecule has 0 amide bonds. The van der Waals surface area contributed by atoms with Crippen LogP contribution in [0.3, 0.4) is 0 Å². The molecule has 1 heterocycles. The summed E-state index contributed by atoms with van der Waals surface area (Å²) in [6.45, 7) is 11.6. The fraction of sp³-hybridized carbons (Fsp3) is 0.438. The first kappa shape index (κ1) is 15.1. The minimum atomic E-state index is 0.246. The highest BCUT2D eigenvalue weighted by Crippen LogP contribution is 2.28. The van der Waals surface area contributed by atoms with E-state index in [0.717, 1.165) is 16.7 Å². The van der Waals surface area contributed by atoms with Gasteiger partial charge in [-0.2, -0.15) is 5.10 Å². The van der Waals surface area contributed by atoms with Gasteiger partial charge in [-0.3, -0.25) is 4.68 Å². The number of nitrogens with one attached hydrogen (secondary N) is 1. The van der Waals surface area contributed by atoms with E-state index in [9.17, 15) is 0 Å². The van der Waals surface area contributed by atoms with E-state index < -0.39 is 0 Å². The van der Waals surface area contributed by atoms with Crippen molar-refractivity contribution in [1.29, 1.82) is 0 Å². The van der Waals surface area contributed by atoms with Crippen LogP contribution in [-0.2, 0) is 6.54 Å². The number of halogens is 1. The molecule has 2 rings (SSSR count). The third-order valence-corrected chi connectivity index (χ3v) is 4.22. The largest absolute Gasteiger partial charge is 0.378 e. The molecule has 1 aromatic heterocycles. The summed E-state index contributed by atoms with van der Waals surface area (Å²) in [5.74, 6) is 0. The van der Waals surface area contributed by atoms with Crippen LogP contribution in [0.4, 0.5) is 5.69 Å². The fourth-order valence-electron chi connectivity index (χ4n) is 2.74. The van der Waals surface area contributed by atoms with E-state index in [1.165, 1.54) is 22.5 Å². The molecule has 0 aliphatic carbocycles. The van der Waals surface area contributed by atoms with Crippen molar-refractivity contribution in [1.82, 2.24) is 9.78 Å². The second kappa shape index (κ2) is 6.00. The van der Waals surface area contributed by atoms with Crippen molar-refractivity contribution < 1.29 is 0 Å². The molecule has 0 spiro atoms. The molecule has 0 aliphatic rings. The van der Waals surface area contributed by atoms with Crippen molar-refractivity contribution in [3.63, 3.8) is 0 Å². The summed E-state index contributed by atoms with van der Waals surface area (Å²) in [5, 5.41) is 8.20. The highest BCUT2D eigenvalue weighted by molar-refractivity contribution is 9.10. The van der Waals surface area contributed by atoms with E-state index in [-0.39, 0.29) is 6.04 Å². The van der Waals surface area contributed by atoms with Gasteiger partial charge in [0.1, 0.15) is 0 Å². The van der Waals surface area contributed by atoms with Crippen LogP contribution >= 0.6 is 15.9 Å². The molecule has 0 radical (unpaired) electrons. The van der Waals surface area contributed by atoms with Crippen molar-refractivity contribution in [2.45, 2.75) is 47.2 Å². The Morgan fingerprint density at radius 3 is 2.55 bits per heavy atom. The molecule has 2 aromatic rings. The van der Waals surface area contributed by atoms with Crippen LogP contribution in [-0.4, -0.2) is 9.78 Å². The van der Waals surface area contributed by atoms with Crippen molar-refractivity contribution in [2.75, 3.05) is 5.32 Å². The molecule has 0 saturated carbocycles. The zero-order valence-corrected chi connectivity index (χ0v) is 14.4. The topological polar surface area (TPSA) is 29.9 Å². The van der Waals surface area contributed by atoms with Gasteiger partial charge in [0.25, 0.3) is 0 Å². The van der Waals surface area contributed by atoms with Gasteiger partial charge in [0.2, 0.25) is 0 Å². The molecule has 4 heteroatoms. The molecule has 3 nitrogen and oxygen atoms in total. The second-order valence-electron chi connectivity index (χ2n) is 5.23. The van der Waals surface area contributed by atoms with Gasteiger partial charge >= 0.3 is 0 Å². The van der Waals surface area contributed by atoms with Crippen LogP contribution < -0.4 is 5.32 Å². The lowest BCUT2D eigenvalue weighted by Crippen LogP contribution is -2.10. The maximum atomic E-state index is 4.60. The molecule has 1 N–H and O–H groups in total. The van der Waals surface area contributed by atoms with E-state index >= 15 is 0 Å². The maximum absolute atomic E-state index is 4.60. The first-order chi connectivity index (χ1) is 9.43. The lowest BCUT2D eigenvalue weighted by Gasteiger charge is -2.18. The summed E-state index contributed by atoms with van der Waals surface area (Å²) < 4.78 is 3.18. The van der Waals surface area contributed by atoms with Gasteiger partial charge in [-0.05, 0) is 58.4 Å². The van der Waals surface area contributed by atoms with Crippen LogP contribution in [0.25, 0.3) is 0 Å². The van der Waals surface area contributed by atoms with E-state index in [2.05, 4.69) is 83.8 Å². The normalized spacial score (nSPS) is 12.5. The van der Waals surface area contributed by atoms with E-state index in [0.29, 0.717) is 0 Å². The van der Waals surface area contributed by atoms with Gasteiger partial charge in [-0.15, -0.1) is 0 Å². The van der Waals surface area contributed by atoms with Crippen molar-refractivity contribution in [3.8, 4) is 0 Å². The van der Waals surface area contributed by atoms with E-state index in [4.69, 9.17) is 0 Å². The molecule has 0 aliphatic heterocycles. The molecular formula is C16H22BrN3. The second-order valence-corrected chi connectivity index (χ2v) is 6.14. The Hall–Kier alpha value is -1.29. The van der Waals surface area contributed by atoms with Crippen LogP contribution in [0.15, 0.2) is 22.7 Å². The summed E-state index contributed by atoms with van der Waals surface area (Å²) in [4.78, 5) is 0. The summed E-state index contributed by atoms with van der Waals surface area (Å²) >= 11 is 3.50. The number of anilines is 1. The van der Waals surface area contributed by atoms with Gasteiger partial charge in [0, 0.05) is 28.0 Å². The van der Waals surface area contributed by atoms with Crippen LogP contribution in [0.5, 0.6) is 0 Å². The average molecular weight is 336 g/mol. The third-order valence-electron chi connectivity index (χ3n) is 3.73. The van der Waals surface area contributed by atoms with Crippen molar-refractivity contribution >= 4 is 21.6 Å². The molecule has 0 bridgehead atoms. The predicted octanol–water partition coefficient (Wildman–Crippen LogP) is 4.76. The van der Waals surface area contributed by atoms with Gasteiger partial charge in [0.05, 0.1) is 11.7 Å². The maximum Gasteiger partial charge on any atom is 0.0649 e. The fourth-order valence-corrected chi connectivity index (χ4v) is 3.22. The third kappa shape index (κ3) is 2.90. The quantitative estimate of drug-likeness (QED) is 0.872. The minimum Gasteiger partial charge on any atom is -0.378 e. The summed E-state index contributed by atoms with van der Waals surface area (Å²) in [6, 6.07) is 6.56. The van der Waals surface area contributed by atoms with Crippen LogP contribution in [0.2, 0.25) is 0 Å². The van der Waals surface area contributed by atoms with Gasteiger partial charge < -0.3 is 5.32 Å². The van der Waals surface area contributed by atoms with Gasteiger partial charge in [-0.1, -0.05) is 15.9 Å². The number of aryl methyl sites for hydroxylation is 3. The van der Waals surface area contributed by atoms with E-state index in [1.54, 1.807) is 0 Å². The summed E-state index contributed by atoms with van der Waals surface area (Å²) in [5.41, 5.74) is 6.07. The molecule has 20 heavy (non-hydrogen) atoms. The number of aromatic nitrogens is 2. The number of benzene rings is 1. The smallest absolute Gasteiger partial charge is 0.0649 e. The van der Waals surface area contributed by atoms with Crippen molar-refractivity contribution in [3.05, 3.63) is 45.2 Å². The van der Waals surface area contributed by atoms with Crippen LogP contribution in [0.1, 0.15) is 42.4 Å². The first-order valence-electron chi connectivity index (χ1n) is 7.00. The molecule has 0 saturated heterocycles. The summed E-state index contributed by atoms with van der Waals surface area (Å²) in [7, 11) is 0. The summed E-state index contributed by atoms with van der Waals surface area (Å²) in [6.07, 6.45) is 0. The number of hydrogen-bond acceptors (Lipinski definition) is 2. The number of rotatable bonds is 4. The number of hydrogen-bond donors (Lipinski definition) is 1. The van der Waals surface area contributed by atoms with Gasteiger partial charge in [-0.25, -0.2) is 0 Å². The Labute approximate surface area is 129 Å². The SMILES string of the molecule is CCn1nc(C)c(C(C)Nc2ccc(Br)cc2C)c1C. The molecule has 0 fully saturated rings. The van der Waals surface area contributed by atoms with E-state index in [1.807, 2.05) is 0 Å². The monoisotopic (exact) mass is 335 g/mol. The van der Waals surface area contributed by atoms with Crippen molar-refractivity contribution in [2.24, 2.45) is 0 Å². The lowest BCUT2D eigenvalue weighted by atomic mass is 10.1. The molecule has 1 atom stereocenters. The van der Waals surface area contributed by atoms with Gasteiger partial charge in [0.15, 0.2) is 0 Å². The molecule has 1 unspecified atom stereocenters. The standard InChI is InChI=1S/C16H22BrN3/c1-6-20-13(5)16(12(4)19-20)11(3)18-15-8-7-14(17)9-10(15)2/h7-9,11,18H,6H2,1-5H3. The average Bonchev–Trinajstić information content (AvgIpc) is 2.67. The highest BCUT2D eigenvalue weighted by Gasteiger charge is 2.17. The zero-order chi connectivity index (χ0) is 14.9. The molecule has 108 valence electrons. The van der Waals surface area contributed by atoms with Crippen LogP contribution in [0, 0.1) is 20.8 Å². The Morgan fingerprint density at radius 1 is 1.30 bits per heavy atom. The predicted molar refractivity (Wildman–Crippen MR) is 88.3 cm³/mol. The Balaban J connectivity index is 2.28. The molecule has 1 aromatic carbocycles. The lowest BCUT2D eigenvalue weighted by molar-refractivity contribution is 0.632. The molecular weight excluding hydrogens is 314 g/mol. The highest BCUT2D eigenvalue weighted by atomic mass is 79.9. The Bertz CT molecular complexity index is 616. The minimum absolute atomic E-state index is 0.246. The zero-order valence-electron chi connectivity index (χ0n) is 12.8. The number of nitrogens with zero attached hydrogens (tertiary/aromatic N) is 2. The Morgan fingerprint density at radius 2 is 2.00 bits per heavy atom.